The number of β-amino-alcohol motifs (C(OH)–C–C–N with tert-alkyl or cyclic N) is 1. The van der Waals surface area contributed by atoms with Crippen molar-refractivity contribution >= 4 is 5.91 Å². The number of rotatable bonds is 1. The fraction of sp³-hybridized carbons (Fsp3) is 0.357. The Hall–Kier alpha value is -1.90. The number of nitrogens with two attached hydrogens (primary N) is 1. The largest absolute Gasteiger partial charge is 0.391 e. The van der Waals surface area contributed by atoms with Gasteiger partial charge in [0.2, 0.25) is 0 Å². The number of aliphatic hydroxyl groups is 1. The molecule has 1 aromatic rings. The van der Waals surface area contributed by atoms with E-state index in [4.69, 9.17) is 5.73 Å². The van der Waals surface area contributed by atoms with Gasteiger partial charge in [-0.2, -0.15) is 0 Å². The van der Waals surface area contributed by atoms with Gasteiger partial charge in [-0.15, -0.1) is 0 Å². The predicted octanol–water partition coefficient (Wildman–Crippen LogP) is 0.343. The number of amides is 1. The van der Waals surface area contributed by atoms with Gasteiger partial charge in [-0.05, 0) is 24.6 Å². The first-order valence-corrected chi connectivity index (χ1v) is 6.07. The molecule has 1 aromatic carbocycles. The third-order valence-electron chi connectivity index (χ3n) is 2.99. The van der Waals surface area contributed by atoms with E-state index < -0.39 is 11.9 Å². The molecule has 2 rings (SSSR count). The van der Waals surface area contributed by atoms with E-state index in [2.05, 4.69) is 11.8 Å². The number of likely N-dealkylation sites (tertiary alicyclic amines) is 1. The van der Waals surface area contributed by atoms with Crippen LogP contribution in [-0.2, 0) is 0 Å². The van der Waals surface area contributed by atoms with Crippen LogP contribution in [0.5, 0.6) is 0 Å². The van der Waals surface area contributed by atoms with Crippen LogP contribution in [0, 0.1) is 17.7 Å². The highest BCUT2D eigenvalue weighted by Gasteiger charge is 2.26. The summed E-state index contributed by atoms with van der Waals surface area (Å²) in [5.41, 5.74) is 5.97. The van der Waals surface area contributed by atoms with E-state index in [1.807, 2.05) is 0 Å². The van der Waals surface area contributed by atoms with Crippen molar-refractivity contribution in [2.45, 2.75) is 12.5 Å². The SMILES string of the molecule is NCC#Cc1ccc(F)cc1C(=O)N1CCC(O)C1. The van der Waals surface area contributed by atoms with Crippen LogP contribution in [0.1, 0.15) is 22.3 Å². The maximum absolute atomic E-state index is 13.3. The lowest BCUT2D eigenvalue weighted by molar-refractivity contribution is 0.0764. The number of hydrogen-bond donors (Lipinski definition) is 2. The number of aliphatic hydroxyl groups excluding tert-OH is 1. The first kappa shape index (κ1) is 13.5. The van der Waals surface area contributed by atoms with Crippen molar-refractivity contribution in [2.24, 2.45) is 5.73 Å². The van der Waals surface area contributed by atoms with Crippen molar-refractivity contribution < 1.29 is 14.3 Å². The number of benzene rings is 1. The predicted molar refractivity (Wildman–Crippen MR) is 68.9 cm³/mol. The highest BCUT2D eigenvalue weighted by molar-refractivity contribution is 5.97. The minimum Gasteiger partial charge on any atom is -0.391 e. The minimum absolute atomic E-state index is 0.174. The molecule has 1 amide bonds. The lowest BCUT2D eigenvalue weighted by atomic mass is 10.1. The van der Waals surface area contributed by atoms with E-state index in [1.54, 1.807) is 0 Å². The highest BCUT2D eigenvalue weighted by atomic mass is 19.1. The second kappa shape index (κ2) is 5.83. The number of carbonyl (C=O) groups excluding carboxylic acids is 1. The monoisotopic (exact) mass is 262 g/mol. The van der Waals surface area contributed by atoms with Gasteiger partial charge in [0.25, 0.3) is 5.91 Å². The van der Waals surface area contributed by atoms with Gasteiger partial charge in [-0.1, -0.05) is 11.8 Å². The van der Waals surface area contributed by atoms with Gasteiger partial charge < -0.3 is 15.7 Å². The van der Waals surface area contributed by atoms with Crippen molar-refractivity contribution in [3.63, 3.8) is 0 Å². The Bertz CT molecular complexity index is 548. The molecule has 0 aromatic heterocycles. The van der Waals surface area contributed by atoms with Crippen LogP contribution in [0.25, 0.3) is 0 Å². The zero-order valence-corrected chi connectivity index (χ0v) is 10.4. The second-order valence-electron chi connectivity index (χ2n) is 4.39. The Kier molecular flexibility index (Phi) is 4.15. The molecular formula is C14H15FN2O2. The van der Waals surface area contributed by atoms with Gasteiger partial charge in [-0.25, -0.2) is 4.39 Å². The van der Waals surface area contributed by atoms with E-state index >= 15 is 0 Å². The first-order chi connectivity index (χ1) is 9.11. The average Bonchev–Trinajstić information content (AvgIpc) is 2.83. The fourth-order valence-electron chi connectivity index (χ4n) is 2.05. The molecule has 0 bridgehead atoms. The molecule has 5 heteroatoms. The summed E-state index contributed by atoms with van der Waals surface area (Å²) in [6.07, 6.45) is 0.0429. The Balaban J connectivity index is 2.31. The summed E-state index contributed by atoms with van der Waals surface area (Å²) in [6.45, 7) is 0.923. The molecule has 100 valence electrons. The highest BCUT2D eigenvalue weighted by Crippen LogP contribution is 2.17. The summed E-state index contributed by atoms with van der Waals surface area (Å²) < 4.78 is 13.3. The lowest BCUT2D eigenvalue weighted by Gasteiger charge is -2.16. The number of hydrogen-bond acceptors (Lipinski definition) is 3. The molecule has 1 fully saturated rings. The Morgan fingerprint density at radius 1 is 1.58 bits per heavy atom. The van der Waals surface area contributed by atoms with Gasteiger partial charge in [0.15, 0.2) is 0 Å². The molecule has 1 unspecified atom stereocenters. The second-order valence-corrected chi connectivity index (χ2v) is 4.39. The molecule has 0 radical (unpaired) electrons. The van der Waals surface area contributed by atoms with Gasteiger partial charge >= 0.3 is 0 Å². The summed E-state index contributed by atoms with van der Waals surface area (Å²) in [5, 5.41) is 9.45. The number of halogens is 1. The third kappa shape index (κ3) is 3.11. The van der Waals surface area contributed by atoms with E-state index in [0.717, 1.165) is 0 Å². The lowest BCUT2D eigenvalue weighted by Crippen LogP contribution is -2.30. The van der Waals surface area contributed by atoms with Crippen molar-refractivity contribution in [3.05, 3.63) is 35.1 Å². The van der Waals surface area contributed by atoms with Gasteiger partial charge in [-0.3, -0.25) is 4.79 Å². The van der Waals surface area contributed by atoms with Crippen LogP contribution in [-0.4, -0.2) is 41.7 Å². The van der Waals surface area contributed by atoms with Crippen LogP contribution in [0.15, 0.2) is 18.2 Å². The van der Waals surface area contributed by atoms with Crippen LogP contribution >= 0.6 is 0 Å². The van der Waals surface area contributed by atoms with Crippen molar-refractivity contribution in [1.29, 1.82) is 0 Å². The molecule has 0 spiro atoms. The summed E-state index contributed by atoms with van der Waals surface area (Å²) in [7, 11) is 0. The maximum atomic E-state index is 13.3. The first-order valence-electron chi connectivity index (χ1n) is 6.07. The van der Waals surface area contributed by atoms with Crippen molar-refractivity contribution in [3.8, 4) is 11.8 Å². The van der Waals surface area contributed by atoms with Crippen LogP contribution in [0.2, 0.25) is 0 Å². The maximum Gasteiger partial charge on any atom is 0.255 e. The minimum atomic E-state index is -0.504. The van der Waals surface area contributed by atoms with E-state index in [-0.39, 0.29) is 24.6 Å². The molecular weight excluding hydrogens is 247 g/mol. The zero-order valence-electron chi connectivity index (χ0n) is 10.4. The van der Waals surface area contributed by atoms with E-state index in [1.165, 1.54) is 23.1 Å². The van der Waals surface area contributed by atoms with Gasteiger partial charge in [0.1, 0.15) is 5.82 Å². The summed E-state index contributed by atoms with van der Waals surface area (Å²) in [4.78, 5) is 13.8. The molecule has 1 aliphatic rings. The molecule has 1 aliphatic heterocycles. The molecule has 19 heavy (non-hydrogen) atoms. The Labute approximate surface area is 111 Å². The van der Waals surface area contributed by atoms with Crippen molar-refractivity contribution in [1.82, 2.24) is 4.90 Å². The summed E-state index contributed by atoms with van der Waals surface area (Å²) in [6, 6.07) is 3.90. The normalized spacial score (nSPS) is 18.1. The zero-order chi connectivity index (χ0) is 13.8. The van der Waals surface area contributed by atoms with Crippen molar-refractivity contribution in [2.75, 3.05) is 19.6 Å². The summed E-state index contributed by atoms with van der Waals surface area (Å²) in [5.74, 6) is 4.63. The van der Waals surface area contributed by atoms with E-state index in [9.17, 15) is 14.3 Å². The smallest absolute Gasteiger partial charge is 0.255 e. The molecule has 0 aliphatic carbocycles. The van der Waals surface area contributed by atoms with Crippen LogP contribution in [0.4, 0.5) is 4.39 Å². The summed E-state index contributed by atoms with van der Waals surface area (Å²) >= 11 is 0. The number of nitrogens with zero attached hydrogens (tertiary/aromatic N) is 1. The van der Waals surface area contributed by atoms with E-state index in [0.29, 0.717) is 18.5 Å². The Morgan fingerprint density at radius 2 is 2.37 bits per heavy atom. The molecule has 0 saturated carbocycles. The third-order valence-corrected chi connectivity index (χ3v) is 2.99. The topological polar surface area (TPSA) is 66.6 Å². The van der Waals surface area contributed by atoms with Gasteiger partial charge in [0, 0.05) is 18.7 Å². The molecule has 4 nitrogen and oxygen atoms in total. The average molecular weight is 262 g/mol. The molecule has 1 atom stereocenters. The fourth-order valence-corrected chi connectivity index (χ4v) is 2.05. The van der Waals surface area contributed by atoms with Gasteiger partial charge in [0.05, 0.1) is 18.2 Å². The standard InChI is InChI=1S/C14H15FN2O2/c15-11-4-3-10(2-1-6-16)13(8-11)14(19)17-7-5-12(18)9-17/h3-4,8,12,18H,5-7,9,16H2. The van der Waals surface area contributed by atoms with Crippen LogP contribution < -0.4 is 5.73 Å². The molecule has 3 N–H and O–H groups in total. The van der Waals surface area contributed by atoms with Crippen LogP contribution in [0.3, 0.4) is 0 Å². The molecule has 1 heterocycles. The number of carbonyl (C=O) groups is 1. The quantitative estimate of drug-likeness (QED) is 0.717. The molecule has 1 saturated heterocycles. The Morgan fingerprint density at radius 3 is 3.00 bits per heavy atom.